The molecule has 0 spiro atoms. The number of methoxy groups -OCH3 is 1. The van der Waals surface area contributed by atoms with Crippen LogP contribution in [-0.4, -0.2) is 31.3 Å². The Morgan fingerprint density at radius 3 is 2.56 bits per heavy atom. The van der Waals surface area contributed by atoms with E-state index in [0.29, 0.717) is 18.5 Å². The highest BCUT2D eigenvalue weighted by atomic mass is 16.5. The Labute approximate surface area is 97.8 Å². The predicted octanol–water partition coefficient (Wildman–Crippen LogP) is 0.763. The van der Waals surface area contributed by atoms with E-state index < -0.39 is 0 Å². The maximum Gasteiger partial charge on any atom is 0.206 e. The molecule has 0 heterocycles. The summed E-state index contributed by atoms with van der Waals surface area (Å²) in [6.07, 6.45) is 4.99. The number of guanidine groups is 1. The fourth-order valence-corrected chi connectivity index (χ4v) is 1.73. The van der Waals surface area contributed by atoms with Crippen LogP contribution in [0.5, 0.6) is 0 Å². The molecule has 0 aromatic heterocycles. The van der Waals surface area contributed by atoms with Crippen LogP contribution in [0.3, 0.4) is 0 Å². The van der Waals surface area contributed by atoms with Crippen molar-refractivity contribution in [2.75, 3.05) is 13.7 Å². The summed E-state index contributed by atoms with van der Waals surface area (Å²) < 4.78 is 5.30. The molecule has 0 aromatic carbocycles. The molecule has 1 aliphatic rings. The van der Waals surface area contributed by atoms with E-state index in [1.165, 1.54) is 25.7 Å². The number of hydrogen-bond acceptors (Lipinski definition) is 3. The van der Waals surface area contributed by atoms with Crippen molar-refractivity contribution in [2.45, 2.75) is 51.2 Å². The second-order valence-corrected chi connectivity index (χ2v) is 4.90. The predicted molar refractivity (Wildman–Crippen MR) is 66.1 cm³/mol. The second kappa shape index (κ2) is 6.06. The normalized spacial score (nSPS) is 18.9. The highest BCUT2D eigenvalue weighted by Crippen LogP contribution is 2.17. The highest BCUT2D eigenvalue weighted by molar-refractivity contribution is 5.79. The molecule has 1 rings (SSSR count). The van der Waals surface area contributed by atoms with Gasteiger partial charge in [-0.3, -0.25) is 5.43 Å². The molecule has 16 heavy (non-hydrogen) atoms. The lowest BCUT2D eigenvalue weighted by atomic mass is 10.1. The minimum absolute atomic E-state index is 0.251. The smallest absolute Gasteiger partial charge is 0.206 e. The third-order valence-electron chi connectivity index (χ3n) is 3.00. The minimum atomic E-state index is -0.251. The molecule has 94 valence electrons. The van der Waals surface area contributed by atoms with E-state index in [-0.39, 0.29) is 5.60 Å². The van der Waals surface area contributed by atoms with Crippen LogP contribution in [-0.2, 0) is 4.74 Å². The van der Waals surface area contributed by atoms with Gasteiger partial charge in [-0.2, -0.15) is 0 Å². The highest BCUT2D eigenvalue weighted by Gasteiger charge is 2.18. The standard InChI is InChI=1S/C11H24N4O/c1-11(2,16-3)8-13-10(15-12)14-9-6-4-5-7-9/h9H,4-8,12H2,1-3H3,(H2,13,14,15). The molecule has 0 unspecified atom stereocenters. The first-order chi connectivity index (χ1) is 7.57. The van der Waals surface area contributed by atoms with Crippen molar-refractivity contribution in [3.05, 3.63) is 0 Å². The maximum absolute atomic E-state index is 5.44. The molecule has 4 N–H and O–H groups in total. The van der Waals surface area contributed by atoms with E-state index in [2.05, 4.69) is 15.7 Å². The van der Waals surface area contributed by atoms with Gasteiger partial charge in [0.25, 0.3) is 0 Å². The Morgan fingerprint density at radius 2 is 2.06 bits per heavy atom. The SMILES string of the molecule is COC(C)(C)CN=C(NN)NC1CCCC1. The van der Waals surface area contributed by atoms with Gasteiger partial charge in [0.15, 0.2) is 0 Å². The van der Waals surface area contributed by atoms with Crippen molar-refractivity contribution in [1.82, 2.24) is 10.7 Å². The molecule has 0 atom stereocenters. The van der Waals surface area contributed by atoms with Crippen LogP contribution in [0.1, 0.15) is 39.5 Å². The fourth-order valence-electron chi connectivity index (χ4n) is 1.73. The molecular weight excluding hydrogens is 204 g/mol. The van der Waals surface area contributed by atoms with Crippen LogP contribution in [0.4, 0.5) is 0 Å². The average Bonchev–Trinajstić information content (AvgIpc) is 2.77. The number of hydrogen-bond donors (Lipinski definition) is 3. The molecule has 0 aliphatic heterocycles. The summed E-state index contributed by atoms with van der Waals surface area (Å²) in [6.45, 7) is 4.59. The molecule has 5 heteroatoms. The van der Waals surface area contributed by atoms with E-state index in [1.54, 1.807) is 7.11 Å². The van der Waals surface area contributed by atoms with Gasteiger partial charge in [0.05, 0.1) is 12.1 Å². The second-order valence-electron chi connectivity index (χ2n) is 4.90. The summed E-state index contributed by atoms with van der Waals surface area (Å²) in [5.74, 6) is 6.10. The van der Waals surface area contributed by atoms with Crippen molar-refractivity contribution < 1.29 is 4.74 Å². The van der Waals surface area contributed by atoms with Crippen molar-refractivity contribution in [3.8, 4) is 0 Å². The molecule has 1 fully saturated rings. The Bertz CT molecular complexity index is 234. The maximum atomic E-state index is 5.44. The number of aliphatic imine (C=N–C) groups is 1. The van der Waals surface area contributed by atoms with Crippen molar-refractivity contribution in [3.63, 3.8) is 0 Å². The molecule has 0 aromatic rings. The Kier molecular flexibility index (Phi) is 5.02. The fraction of sp³-hybridized carbons (Fsp3) is 0.909. The van der Waals surface area contributed by atoms with E-state index in [9.17, 15) is 0 Å². The monoisotopic (exact) mass is 228 g/mol. The van der Waals surface area contributed by atoms with E-state index in [4.69, 9.17) is 10.6 Å². The Morgan fingerprint density at radius 1 is 1.44 bits per heavy atom. The number of hydrazine groups is 1. The number of nitrogens with two attached hydrogens (primary N) is 1. The minimum Gasteiger partial charge on any atom is -0.377 e. The van der Waals surface area contributed by atoms with Crippen LogP contribution in [0, 0.1) is 0 Å². The zero-order valence-corrected chi connectivity index (χ0v) is 10.5. The Hall–Kier alpha value is -0.810. The number of rotatable bonds is 4. The first-order valence-corrected chi connectivity index (χ1v) is 5.90. The van der Waals surface area contributed by atoms with E-state index >= 15 is 0 Å². The molecule has 0 amide bonds. The van der Waals surface area contributed by atoms with Crippen molar-refractivity contribution in [1.29, 1.82) is 0 Å². The van der Waals surface area contributed by atoms with Gasteiger partial charge in [0.1, 0.15) is 0 Å². The number of ether oxygens (including phenoxy) is 1. The van der Waals surface area contributed by atoms with Crippen LogP contribution in [0.25, 0.3) is 0 Å². The van der Waals surface area contributed by atoms with Gasteiger partial charge in [0, 0.05) is 13.2 Å². The van der Waals surface area contributed by atoms with Crippen LogP contribution in [0.2, 0.25) is 0 Å². The molecule has 1 saturated carbocycles. The molecule has 0 saturated heterocycles. The largest absolute Gasteiger partial charge is 0.377 e. The van der Waals surface area contributed by atoms with Crippen LogP contribution in [0.15, 0.2) is 4.99 Å². The summed E-state index contributed by atoms with van der Waals surface area (Å²) in [5.41, 5.74) is 2.36. The van der Waals surface area contributed by atoms with Gasteiger partial charge in [-0.15, -0.1) is 0 Å². The molecule has 5 nitrogen and oxygen atoms in total. The topological polar surface area (TPSA) is 71.7 Å². The molecule has 0 radical (unpaired) electrons. The molecule has 1 aliphatic carbocycles. The Balaban J connectivity index is 2.42. The summed E-state index contributed by atoms with van der Waals surface area (Å²) in [5, 5.41) is 3.32. The van der Waals surface area contributed by atoms with Crippen molar-refractivity contribution >= 4 is 5.96 Å². The van der Waals surface area contributed by atoms with Gasteiger partial charge in [-0.05, 0) is 26.7 Å². The lowest BCUT2D eigenvalue weighted by Gasteiger charge is -2.21. The van der Waals surface area contributed by atoms with Crippen LogP contribution >= 0.6 is 0 Å². The number of nitrogens with one attached hydrogen (secondary N) is 2. The average molecular weight is 228 g/mol. The first-order valence-electron chi connectivity index (χ1n) is 5.90. The zero-order chi connectivity index (χ0) is 12.0. The van der Waals surface area contributed by atoms with E-state index in [1.807, 2.05) is 13.8 Å². The van der Waals surface area contributed by atoms with Gasteiger partial charge < -0.3 is 10.1 Å². The third kappa shape index (κ3) is 4.37. The summed E-state index contributed by atoms with van der Waals surface area (Å²) in [7, 11) is 1.69. The summed E-state index contributed by atoms with van der Waals surface area (Å²) in [6, 6.07) is 0.514. The molecule has 0 bridgehead atoms. The summed E-state index contributed by atoms with van der Waals surface area (Å²) in [4.78, 5) is 4.39. The third-order valence-corrected chi connectivity index (χ3v) is 3.00. The molecular formula is C11H24N4O. The van der Waals surface area contributed by atoms with Crippen LogP contribution < -0.4 is 16.6 Å². The van der Waals surface area contributed by atoms with E-state index in [0.717, 1.165) is 0 Å². The summed E-state index contributed by atoms with van der Waals surface area (Å²) >= 11 is 0. The van der Waals surface area contributed by atoms with Gasteiger partial charge in [0.2, 0.25) is 5.96 Å². The van der Waals surface area contributed by atoms with Gasteiger partial charge in [-0.1, -0.05) is 12.8 Å². The van der Waals surface area contributed by atoms with Gasteiger partial charge >= 0.3 is 0 Å². The number of nitrogens with zero attached hydrogens (tertiary/aromatic N) is 1. The lowest BCUT2D eigenvalue weighted by molar-refractivity contribution is 0.0310. The van der Waals surface area contributed by atoms with Crippen molar-refractivity contribution in [2.24, 2.45) is 10.8 Å². The lowest BCUT2D eigenvalue weighted by Crippen LogP contribution is -2.46. The quantitative estimate of drug-likeness (QED) is 0.287. The first kappa shape index (κ1) is 13.3. The van der Waals surface area contributed by atoms with Gasteiger partial charge in [-0.25, -0.2) is 10.8 Å². The zero-order valence-electron chi connectivity index (χ0n) is 10.5.